The van der Waals surface area contributed by atoms with Crippen molar-refractivity contribution in [3.8, 4) is 5.75 Å². The molecule has 1 amide bonds. The van der Waals surface area contributed by atoms with Crippen molar-refractivity contribution in [2.75, 3.05) is 34.3 Å². The number of aryl methyl sites for hydroxylation is 2. The van der Waals surface area contributed by atoms with Crippen LogP contribution < -0.4 is 4.74 Å². The number of aromatic nitrogens is 1. The molecular formula is C22H27N3O4S. The van der Waals surface area contributed by atoms with Crippen molar-refractivity contribution >= 4 is 23.0 Å². The number of ketones is 1. The quantitative estimate of drug-likeness (QED) is 0.649. The lowest BCUT2D eigenvalue weighted by Gasteiger charge is -2.27. The number of aliphatic hydroxyl groups excluding tert-OH is 1. The Balaban J connectivity index is 2.03. The molecule has 1 aromatic carbocycles. The number of aliphatic hydroxyl groups is 1. The molecule has 30 heavy (non-hydrogen) atoms. The molecule has 1 aliphatic rings. The second-order valence-electron chi connectivity index (χ2n) is 7.57. The van der Waals surface area contributed by atoms with Gasteiger partial charge in [-0.05, 0) is 58.6 Å². The molecule has 3 rings (SSSR count). The third-order valence-electron chi connectivity index (χ3n) is 5.09. The predicted molar refractivity (Wildman–Crippen MR) is 116 cm³/mol. The molecule has 0 radical (unpaired) electrons. The number of thiazole rings is 1. The number of benzene rings is 1. The molecule has 1 atom stereocenters. The Kier molecular flexibility index (Phi) is 6.58. The first-order valence-electron chi connectivity index (χ1n) is 9.76. The Labute approximate surface area is 180 Å². The van der Waals surface area contributed by atoms with Gasteiger partial charge in [0.2, 0.25) is 5.78 Å². The van der Waals surface area contributed by atoms with Gasteiger partial charge in [0.25, 0.3) is 5.91 Å². The van der Waals surface area contributed by atoms with Crippen LogP contribution in [0.1, 0.15) is 38.4 Å². The average molecular weight is 430 g/mol. The maximum Gasteiger partial charge on any atom is 0.290 e. The molecule has 7 nitrogen and oxygen atoms in total. The minimum atomic E-state index is -0.653. The standard InChI is InChI=1S/C22H27N3O4S/c1-13-21(30-14(2)23-13)19(26)17-18(15-7-9-16(29-5)10-8-15)25(22(28)20(17)27)12-6-11-24(3)4/h7-10,18,27H,6,11-12H2,1-5H3/t18-/m1/s1. The predicted octanol–water partition coefficient (Wildman–Crippen LogP) is 3.30. The highest BCUT2D eigenvalue weighted by atomic mass is 32.1. The molecule has 0 aliphatic carbocycles. The molecule has 2 heterocycles. The van der Waals surface area contributed by atoms with Gasteiger partial charge < -0.3 is 19.6 Å². The lowest BCUT2D eigenvalue weighted by atomic mass is 9.95. The van der Waals surface area contributed by atoms with Crippen molar-refractivity contribution in [3.05, 3.63) is 56.7 Å². The molecule has 1 N–H and O–H groups in total. The van der Waals surface area contributed by atoms with Gasteiger partial charge >= 0.3 is 0 Å². The summed E-state index contributed by atoms with van der Waals surface area (Å²) in [6.07, 6.45) is 0.721. The number of ether oxygens (including phenoxy) is 1. The van der Waals surface area contributed by atoms with Gasteiger partial charge in [-0.1, -0.05) is 12.1 Å². The van der Waals surface area contributed by atoms with E-state index in [0.717, 1.165) is 23.5 Å². The summed E-state index contributed by atoms with van der Waals surface area (Å²) in [5.41, 5.74) is 1.47. The van der Waals surface area contributed by atoms with E-state index in [1.54, 1.807) is 31.1 Å². The number of methoxy groups -OCH3 is 1. The highest BCUT2D eigenvalue weighted by Crippen LogP contribution is 2.40. The Bertz CT molecular complexity index is 979. The van der Waals surface area contributed by atoms with Crippen molar-refractivity contribution in [1.29, 1.82) is 0 Å². The SMILES string of the molecule is COc1ccc([C@@H]2C(C(=O)c3sc(C)nc3C)=C(O)C(=O)N2CCCN(C)C)cc1. The number of Topliss-reactive ketones (excluding diaryl/α,β-unsaturated/α-hetero) is 1. The third-order valence-corrected chi connectivity index (χ3v) is 6.17. The van der Waals surface area contributed by atoms with Crippen LogP contribution in [-0.4, -0.2) is 65.9 Å². The van der Waals surface area contributed by atoms with Gasteiger partial charge in [0.15, 0.2) is 5.76 Å². The summed E-state index contributed by atoms with van der Waals surface area (Å²) in [6, 6.07) is 6.58. The number of carbonyl (C=O) groups is 2. The first-order valence-corrected chi connectivity index (χ1v) is 10.6. The highest BCUT2D eigenvalue weighted by molar-refractivity contribution is 7.14. The fraction of sp³-hybridized carbons (Fsp3) is 0.409. The normalized spacial score (nSPS) is 16.7. The maximum atomic E-state index is 13.4. The monoisotopic (exact) mass is 429 g/mol. The molecule has 0 unspecified atom stereocenters. The summed E-state index contributed by atoms with van der Waals surface area (Å²) in [6.45, 7) is 4.81. The van der Waals surface area contributed by atoms with E-state index in [2.05, 4.69) is 4.98 Å². The van der Waals surface area contributed by atoms with Crippen molar-refractivity contribution in [1.82, 2.24) is 14.8 Å². The smallest absolute Gasteiger partial charge is 0.290 e. The van der Waals surface area contributed by atoms with Crippen LogP contribution in [0.4, 0.5) is 0 Å². The van der Waals surface area contributed by atoms with E-state index in [9.17, 15) is 14.7 Å². The number of amides is 1. The second-order valence-corrected chi connectivity index (χ2v) is 8.77. The third kappa shape index (κ3) is 4.24. The van der Waals surface area contributed by atoms with Crippen molar-refractivity contribution < 1.29 is 19.4 Å². The molecule has 160 valence electrons. The van der Waals surface area contributed by atoms with Crippen LogP contribution in [0.25, 0.3) is 0 Å². The van der Waals surface area contributed by atoms with Gasteiger partial charge in [0.05, 0.1) is 34.3 Å². The van der Waals surface area contributed by atoms with Crippen molar-refractivity contribution in [3.63, 3.8) is 0 Å². The van der Waals surface area contributed by atoms with Crippen LogP contribution >= 0.6 is 11.3 Å². The summed E-state index contributed by atoms with van der Waals surface area (Å²) in [5.74, 6) is -0.662. The molecule has 0 saturated heterocycles. The molecule has 0 fully saturated rings. The Hall–Kier alpha value is -2.71. The zero-order valence-corrected chi connectivity index (χ0v) is 18.7. The van der Waals surface area contributed by atoms with Crippen LogP contribution in [0.5, 0.6) is 5.75 Å². The molecule has 0 spiro atoms. The van der Waals surface area contributed by atoms with Gasteiger partial charge in [0.1, 0.15) is 5.75 Å². The van der Waals surface area contributed by atoms with Crippen LogP contribution in [0.3, 0.4) is 0 Å². The molecule has 8 heteroatoms. The largest absolute Gasteiger partial charge is 0.503 e. The van der Waals surface area contributed by atoms with Gasteiger partial charge in [-0.15, -0.1) is 11.3 Å². The summed E-state index contributed by atoms with van der Waals surface area (Å²) >= 11 is 1.28. The zero-order chi connectivity index (χ0) is 22.0. The van der Waals surface area contributed by atoms with E-state index in [1.807, 2.05) is 38.1 Å². The van der Waals surface area contributed by atoms with E-state index >= 15 is 0 Å². The van der Waals surface area contributed by atoms with Gasteiger partial charge in [-0.3, -0.25) is 9.59 Å². The van der Waals surface area contributed by atoms with E-state index in [1.165, 1.54) is 11.3 Å². The van der Waals surface area contributed by atoms with Crippen LogP contribution in [-0.2, 0) is 4.79 Å². The minimum Gasteiger partial charge on any atom is -0.503 e. The molecule has 1 aromatic heterocycles. The first-order chi connectivity index (χ1) is 14.2. The van der Waals surface area contributed by atoms with Crippen LogP contribution in [0.2, 0.25) is 0 Å². The lowest BCUT2D eigenvalue weighted by Crippen LogP contribution is -2.33. The number of rotatable bonds is 8. The second kappa shape index (κ2) is 8.97. The molecule has 1 aliphatic heterocycles. The fourth-order valence-corrected chi connectivity index (χ4v) is 4.54. The lowest BCUT2D eigenvalue weighted by molar-refractivity contribution is -0.129. The van der Waals surface area contributed by atoms with Gasteiger partial charge in [-0.25, -0.2) is 4.98 Å². The Morgan fingerprint density at radius 1 is 1.27 bits per heavy atom. The average Bonchev–Trinajstić information content (AvgIpc) is 3.18. The summed E-state index contributed by atoms with van der Waals surface area (Å²) in [7, 11) is 5.51. The molecule has 2 aromatic rings. The maximum absolute atomic E-state index is 13.4. The summed E-state index contributed by atoms with van der Waals surface area (Å²) in [4.78, 5) is 34.7. The fourth-order valence-electron chi connectivity index (χ4n) is 3.67. The molecule has 0 saturated carbocycles. The van der Waals surface area contributed by atoms with Gasteiger partial charge in [-0.2, -0.15) is 0 Å². The first kappa shape index (κ1) is 22.0. The van der Waals surface area contributed by atoms with Crippen LogP contribution in [0, 0.1) is 13.8 Å². The number of hydrogen-bond donors (Lipinski definition) is 1. The van der Waals surface area contributed by atoms with Crippen molar-refractivity contribution in [2.45, 2.75) is 26.3 Å². The number of nitrogens with zero attached hydrogens (tertiary/aromatic N) is 3. The summed E-state index contributed by atoms with van der Waals surface area (Å²) < 4.78 is 5.23. The Morgan fingerprint density at radius 3 is 2.47 bits per heavy atom. The summed E-state index contributed by atoms with van der Waals surface area (Å²) in [5, 5.41) is 11.5. The van der Waals surface area contributed by atoms with E-state index in [-0.39, 0.29) is 11.4 Å². The van der Waals surface area contributed by atoms with Gasteiger partial charge in [0, 0.05) is 6.54 Å². The van der Waals surface area contributed by atoms with E-state index < -0.39 is 17.7 Å². The Morgan fingerprint density at radius 2 is 1.93 bits per heavy atom. The topological polar surface area (TPSA) is 83.0 Å². The zero-order valence-electron chi connectivity index (χ0n) is 17.9. The minimum absolute atomic E-state index is 0.113. The van der Waals surface area contributed by atoms with Crippen LogP contribution in [0.15, 0.2) is 35.6 Å². The highest BCUT2D eigenvalue weighted by Gasteiger charge is 2.44. The van der Waals surface area contributed by atoms with Crippen molar-refractivity contribution in [2.24, 2.45) is 0 Å². The number of hydrogen-bond acceptors (Lipinski definition) is 7. The molecule has 0 bridgehead atoms. The number of carbonyl (C=O) groups excluding carboxylic acids is 2. The van der Waals surface area contributed by atoms with E-state index in [4.69, 9.17) is 4.74 Å². The van der Waals surface area contributed by atoms with E-state index in [0.29, 0.717) is 22.9 Å². The molecular weight excluding hydrogens is 402 g/mol.